The van der Waals surface area contributed by atoms with E-state index in [0.717, 1.165) is 0 Å². The maximum Gasteiger partial charge on any atom is 0.196 e. The normalized spacial score (nSPS) is 18.0. The summed E-state index contributed by atoms with van der Waals surface area (Å²) in [5.74, 6) is -0.462. The lowest BCUT2D eigenvalue weighted by Crippen LogP contribution is -2.36. The van der Waals surface area contributed by atoms with E-state index in [1.165, 1.54) is 18.2 Å². The van der Waals surface area contributed by atoms with Gasteiger partial charge in [0.25, 0.3) is 0 Å². The minimum atomic E-state index is -0.375. The van der Waals surface area contributed by atoms with Crippen LogP contribution in [0.1, 0.15) is 11.6 Å². The molecule has 1 atom stereocenters. The lowest BCUT2D eigenvalue weighted by Gasteiger charge is -2.27. The van der Waals surface area contributed by atoms with Crippen molar-refractivity contribution in [2.45, 2.75) is 6.04 Å². The molecule has 21 heavy (non-hydrogen) atoms. The molecule has 2 aromatic carbocycles. The first kappa shape index (κ1) is 14.0. The summed E-state index contributed by atoms with van der Waals surface area (Å²) in [6.45, 7) is 0.334. The molecule has 0 saturated heterocycles. The number of hydrogen-bond donors (Lipinski definition) is 1. The van der Waals surface area contributed by atoms with Crippen molar-refractivity contribution in [3.63, 3.8) is 0 Å². The summed E-state index contributed by atoms with van der Waals surface area (Å²) < 4.78 is 28.3. The number of halogens is 3. The van der Waals surface area contributed by atoms with Crippen LogP contribution in [-0.4, -0.2) is 12.5 Å². The van der Waals surface area contributed by atoms with E-state index < -0.39 is 0 Å². The van der Waals surface area contributed by atoms with Gasteiger partial charge in [-0.25, -0.2) is 8.78 Å². The molecule has 2 N–H and O–H groups in total. The fourth-order valence-corrected chi connectivity index (χ4v) is 2.78. The number of nitrogens with zero attached hydrogens (tertiary/aromatic N) is 2. The lowest BCUT2D eigenvalue weighted by molar-refractivity contribution is 0.588. The van der Waals surface area contributed by atoms with E-state index in [0.29, 0.717) is 22.3 Å². The van der Waals surface area contributed by atoms with Gasteiger partial charge in [-0.15, -0.1) is 0 Å². The molecule has 1 aliphatic rings. The lowest BCUT2D eigenvalue weighted by atomic mass is 10.0. The van der Waals surface area contributed by atoms with E-state index in [1.807, 2.05) is 0 Å². The molecule has 0 saturated carbocycles. The van der Waals surface area contributed by atoms with Gasteiger partial charge in [-0.1, -0.05) is 28.1 Å². The summed E-state index contributed by atoms with van der Waals surface area (Å²) in [6.07, 6.45) is 0. The van der Waals surface area contributed by atoms with Crippen LogP contribution in [0.4, 0.5) is 14.5 Å². The smallest absolute Gasteiger partial charge is 0.196 e. The molecule has 0 spiro atoms. The zero-order valence-electron chi connectivity index (χ0n) is 10.9. The van der Waals surface area contributed by atoms with Gasteiger partial charge in [-0.05, 0) is 30.3 Å². The van der Waals surface area contributed by atoms with Crippen LogP contribution in [0.15, 0.2) is 51.9 Å². The molecule has 1 heterocycles. The average molecular weight is 352 g/mol. The van der Waals surface area contributed by atoms with Crippen molar-refractivity contribution in [3.8, 4) is 0 Å². The molecule has 2 aromatic rings. The van der Waals surface area contributed by atoms with E-state index >= 15 is 0 Å². The zero-order chi connectivity index (χ0) is 15.0. The zero-order valence-corrected chi connectivity index (χ0v) is 12.5. The molecule has 0 fully saturated rings. The van der Waals surface area contributed by atoms with Crippen molar-refractivity contribution in [1.29, 1.82) is 0 Å². The third-order valence-corrected chi connectivity index (χ3v) is 3.89. The molecule has 0 aliphatic carbocycles. The molecule has 3 nitrogen and oxygen atoms in total. The Balaban J connectivity index is 2.03. The molecule has 0 amide bonds. The second-order valence-corrected chi connectivity index (χ2v) is 5.65. The average Bonchev–Trinajstić information content (AvgIpc) is 2.80. The van der Waals surface area contributed by atoms with E-state index in [2.05, 4.69) is 20.9 Å². The van der Waals surface area contributed by atoms with Gasteiger partial charge < -0.3 is 10.6 Å². The number of anilines is 1. The Kier molecular flexibility index (Phi) is 3.63. The number of benzene rings is 2. The van der Waals surface area contributed by atoms with Gasteiger partial charge >= 0.3 is 0 Å². The first-order chi connectivity index (χ1) is 10.1. The Morgan fingerprint density at radius 2 is 2.00 bits per heavy atom. The van der Waals surface area contributed by atoms with Gasteiger partial charge in [-0.2, -0.15) is 0 Å². The van der Waals surface area contributed by atoms with E-state index in [1.54, 1.807) is 29.2 Å². The van der Waals surface area contributed by atoms with Crippen molar-refractivity contribution in [3.05, 3.63) is 64.1 Å². The van der Waals surface area contributed by atoms with Crippen LogP contribution < -0.4 is 10.6 Å². The van der Waals surface area contributed by atoms with Crippen molar-refractivity contribution in [2.75, 3.05) is 11.4 Å². The molecule has 0 bridgehead atoms. The highest BCUT2D eigenvalue weighted by Gasteiger charge is 2.30. The summed E-state index contributed by atoms with van der Waals surface area (Å²) in [4.78, 5) is 5.81. The summed E-state index contributed by atoms with van der Waals surface area (Å²) in [6, 6.07) is 10.5. The Morgan fingerprint density at radius 1 is 1.19 bits per heavy atom. The topological polar surface area (TPSA) is 41.6 Å². The molecule has 1 aliphatic heterocycles. The van der Waals surface area contributed by atoms with Gasteiger partial charge in [0.1, 0.15) is 11.6 Å². The molecule has 6 heteroatoms. The van der Waals surface area contributed by atoms with Gasteiger partial charge in [0.2, 0.25) is 0 Å². The Hall–Kier alpha value is -1.95. The Labute approximate surface area is 129 Å². The standard InChI is InChI=1S/C15H12BrF2N3/c16-9-4-5-12(13(18)6-9)14-8-20-15(19)21(14)11-3-1-2-10(17)7-11/h1-7,14H,8H2,(H2,19,20). The predicted octanol–water partition coefficient (Wildman–Crippen LogP) is 3.60. The number of nitrogens with two attached hydrogens (primary N) is 1. The molecular formula is C15H12BrF2N3. The van der Waals surface area contributed by atoms with E-state index in [9.17, 15) is 8.78 Å². The highest BCUT2D eigenvalue weighted by Crippen LogP contribution is 2.33. The van der Waals surface area contributed by atoms with Crippen molar-refractivity contribution in [2.24, 2.45) is 10.7 Å². The highest BCUT2D eigenvalue weighted by atomic mass is 79.9. The molecule has 108 valence electrons. The number of aliphatic imine (C=N–C) groups is 1. The van der Waals surface area contributed by atoms with Crippen LogP contribution in [0.3, 0.4) is 0 Å². The summed E-state index contributed by atoms with van der Waals surface area (Å²) in [5, 5.41) is 0. The quantitative estimate of drug-likeness (QED) is 0.897. The van der Waals surface area contributed by atoms with Crippen LogP contribution in [0.2, 0.25) is 0 Å². The first-order valence-electron chi connectivity index (χ1n) is 6.36. The van der Waals surface area contributed by atoms with Crippen molar-refractivity contribution in [1.82, 2.24) is 0 Å². The second-order valence-electron chi connectivity index (χ2n) is 4.73. The minimum Gasteiger partial charge on any atom is -0.369 e. The second kappa shape index (κ2) is 5.44. The highest BCUT2D eigenvalue weighted by molar-refractivity contribution is 9.10. The van der Waals surface area contributed by atoms with Crippen LogP contribution in [-0.2, 0) is 0 Å². The molecule has 0 radical (unpaired) electrons. The van der Waals surface area contributed by atoms with Gasteiger partial charge in [0.15, 0.2) is 5.96 Å². The predicted molar refractivity (Wildman–Crippen MR) is 82.2 cm³/mol. The largest absolute Gasteiger partial charge is 0.369 e. The van der Waals surface area contributed by atoms with Crippen LogP contribution >= 0.6 is 15.9 Å². The molecule has 1 unspecified atom stereocenters. The van der Waals surface area contributed by atoms with Crippen LogP contribution in [0.25, 0.3) is 0 Å². The maximum absolute atomic E-state index is 14.2. The summed E-state index contributed by atoms with van der Waals surface area (Å²) in [7, 11) is 0. The number of hydrogen-bond acceptors (Lipinski definition) is 3. The SMILES string of the molecule is NC1=NCC(c2ccc(Br)cc2F)N1c1cccc(F)c1. The van der Waals surface area contributed by atoms with Gasteiger partial charge in [0, 0.05) is 15.7 Å². The Morgan fingerprint density at radius 3 is 2.71 bits per heavy atom. The summed E-state index contributed by atoms with van der Waals surface area (Å²) in [5.41, 5.74) is 6.93. The van der Waals surface area contributed by atoms with Crippen molar-refractivity contribution >= 4 is 27.6 Å². The van der Waals surface area contributed by atoms with E-state index in [4.69, 9.17) is 5.73 Å². The fourth-order valence-electron chi connectivity index (χ4n) is 2.44. The molecule has 3 rings (SSSR count). The van der Waals surface area contributed by atoms with Crippen LogP contribution in [0.5, 0.6) is 0 Å². The van der Waals surface area contributed by atoms with Crippen molar-refractivity contribution < 1.29 is 8.78 Å². The molecular weight excluding hydrogens is 340 g/mol. The van der Waals surface area contributed by atoms with Gasteiger partial charge in [-0.3, -0.25) is 4.99 Å². The minimum absolute atomic E-state index is 0.257. The number of guanidine groups is 1. The van der Waals surface area contributed by atoms with Gasteiger partial charge in [0.05, 0.1) is 12.6 Å². The first-order valence-corrected chi connectivity index (χ1v) is 7.15. The monoisotopic (exact) mass is 351 g/mol. The molecule has 0 aromatic heterocycles. The van der Waals surface area contributed by atoms with E-state index in [-0.39, 0.29) is 23.6 Å². The fraction of sp³-hybridized carbons (Fsp3) is 0.133. The summed E-state index contributed by atoms with van der Waals surface area (Å²) >= 11 is 3.23. The third kappa shape index (κ3) is 2.63. The number of rotatable bonds is 2. The van der Waals surface area contributed by atoms with Crippen LogP contribution in [0, 0.1) is 11.6 Å². The Bertz CT molecular complexity index is 718. The third-order valence-electron chi connectivity index (χ3n) is 3.39. The maximum atomic E-state index is 14.2.